The highest BCUT2D eigenvalue weighted by Crippen LogP contribution is 2.23. The zero-order chi connectivity index (χ0) is 11.4. The lowest BCUT2D eigenvalue weighted by Gasteiger charge is -2.33. The minimum atomic E-state index is 0.208. The molecule has 1 fully saturated rings. The number of pyridine rings is 1. The zero-order valence-electron chi connectivity index (χ0n) is 9.17. The largest absolute Gasteiger partial charge is 0.396 e. The van der Waals surface area contributed by atoms with Gasteiger partial charge in [-0.15, -0.1) is 0 Å². The van der Waals surface area contributed by atoms with E-state index in [2.05, 4.69) is 9.88 Å². The molecule has 0 radical (unpaired) electrons. The van der Waals surface area contributed by atoms with E-state index in [1.165, 1.54) is 0 Å². The number of hydrogen-bond donors (Lipinski definition) is 1. The van der Waals surface area contributed by atoms with Gasteiger partial charge in [0.2, 0.25) is 0 Å². The zero-order valence-corrected chi connectivity index (χ0v) is 9.17. The SMILES string of the molecule is O=Cc1cccnc1N1CCCC(CO)C1. The molecule has 0 bridgehead atoms. The van der Waals surface area contributed by atoms with Crippen LogP contribution in [0.2, 0.25) is 0 Å². The number of piperidine rings is 1. The molecule has 1 aliphatic heterocycles. The number of aldehydes is 1. The standard InChI is InChI=1S/C12H16N2O2/c15-8-10-3-2-6-14(7-10)12-11(9-16)4-1-5-13-12/h1,4-5,9-10,15H,2-3,6-8H2. The molecule has 1 aromatic heterocycles. The highest BCUT2D eigenvalue weighted by molar-refractivity contribution is 5.82. The first-order valence-corrected chi connectivity index (χ1v) is 5.61. The van der Waals surface area contributed by atoms with Crippen LogP contribution in [0.3, 0.4) is 0 Å². The molecule has 0 aliphatic carbocycles. The van der Waals surface area contributed by atoms with Crippen molar-refractivity contribution in [3.8, 4) is 0 Å². The summed E-state index contributed by atoms with van der Waals surface area (Å²) in [6.07, 6.45) is 4.63. The third-order valence-electron chi connectivity index (χ3n) is 3.02. The molecule has 0 amide bonds. The topological polar surface area (TPSA) is 53.4 Å². The predicted molar refractivity (Wildman–Crippen MR) is 61.6 cm³/mol. The molecule has 2 heterocycles. The number of aliphatic hydroxyl groups is 1. The van der Waals surface area contributed by atoms with Crippen LogP contribution in [0.15, 0.2) is 18.3 Å². The maximum absolute atomic E-state index is 10.9. The van der Waals surface area contributed by atoms with Crippen molar-refractivity contribution in [3.05, 3.63) is 23.9 Å². The lowest BCUT2D eigenvalue weighted by atomic mass is 9.99. The van der Waals surface area contributed by atoms with Crippen LogP contribution in [0.25, 0.3) is 0 Å². The molecule has 4 heteroatoms. The second-order valence-corrected chi connectivity index (χ2v) is 4.17. The minimum absolute atomic E-state index is 0.208. The van der Waals surface area contributed by atoms with Gasteiger partial charge in [0.25, 0.3) is 0 Å². The second kappa shape index (κ2) is 5.07. The van der Waals surface area contributed by atoms with Gasteiger partial charge in [-0.1, -0.05) is 0 Å². The van der Waals surface area contributed by atoms with Crippen molar-refractivity contribution in [2.24, 2.45) is 5.92 Å². The molecule has 86 valence electrons. The van der Waals surface area contributed by atoms with Crippen LogP contribution < -0.4 is 4.90 Å². The molecular formula is C12H16N2O2. The third kappa shape index (κ3) is 2.22. The monoisotopic (exact) mass is 220 g/mol. The maximum atomic E-state index is 10.9. The van der Waals surface area contributed by atoms with Crippen molar-refractivity contribution < 1.29 is 9.90 Å². The number of carbonyl (C=O) groups is 1. The van der Waals surface area contributed by atoms with Crippen molar-refractivity contribution in [2.45, 2.75) is 12.8 Å². The molecule has 1 unspecified atom stereocenters. The Kier molecular flexibility index (Phi) is 3.51. The third-order valence-corrected chi connectivity index (χ3v) is 3.02. The van der Waals surface area contributed by atoms with Gasteiger partial charge < -0.3 is 10.0 Å². The quantitative estimate of drug-likeness (QED) is 0.775. The van der Waals surface area contributed by atoms with Crippen LogP contribution in [-0.2, 0) is 0 Å². The molecule has 1 aromatic rings. The summed E-state index contributed by atoms with van der Waals surface area (Å²) in [5.74, 6) is 1.05. The molecule has 4 nitrogen and oxygen atoms in total. The molecule has 1 atom stereocenters. The van der Waals surface area contributed by atoms with Gasteiger partial charge in [0.1, 0.15) is 5.82 Å². The smallest absolute Gasteiger partial charge is 0.153 e. The van der Waals surface area contributed by atoms with Crippen molar-refractivity contribution >= 4 is 12.1 Å². The van der Waals surface area contributed by atoms with Crippen molar-refractivity contribution in [2.75, 3.05) is 24.6 Å². The molecule has 2 rings (SSSR count). The summed E-state index contributed by atoms with van der Waals surface area (Å²) in [7, 11) is 0. The fourth-order valence-corrected chi connectivity index (χ4v) is 2.17. The number of hydrogen-bond acceptors (Lipinski definition) is 4. The maximum Gasteiger partial charge on any atom is 0.153 e. The van der Waals surface area contributed by atoms with Gasteiger partial charge in [-0.3, -0.25) is 4.79 Å². The van der Waals surface area contributed by atoms with E-state index in [0.717, 1.165) is 38.0 Å². The van der Waals surface area contributed by atoms with Crippen LogP contribution in [0, 0.1) is 5.92 Å². The first-order chi connectivity index (χ1) is 7.85. The van der Waals surface area contributed by atoms with E-state index in [4.69, 9.17) is 5.11 Å². The summed E-state index contributed by atoms with van der Waals surface area (Å²) in [5, 5.41) is 9.17. The Morgan fingerprint density at radius 2 is 2.50 bits per heavy atom. The molecule has 0 saturated carbocycles. The Morgan fingerprint density at radius 1 is 1.62 bits per heavy atom. The van der Waals surface area contributed by atoms with E-state index in [1.807, 2.05) is 0 Å². The number of aliphatic hydroxyl groups excluding tert-OH is 1. The normalized spacial score (nSPS) is 20.8. The lowest BCUT2D eigenvalue weighted by molar-refractivity contribution is 0.112. The number of rotatable bonds is 3. The van der Waals surface area contributed by atoms with E-state index in [1.54, 1.807) is 18.3 Å². The summed E-state index contributed by atoms with van der Waals surface area (Å²) in [4.78, 5) is 17.3. The van der Waals surface area contributed by atoms with E-state index >= 15 is 0 Å². The molecule has 1 saturated heterocycles. The summed E-state index contributed by atoms with van der Waals surface area (Å²) < 4.78 is 0. The van der Waals surface area contributed by atoms with Crippen LogP contribution in [0.1, 0.15) is 23.2 Å². The van der Waals surface area contributed by atoms with Crippen LogP contribution in [0.5, 0.6) is 0 Å². The summed E-state index contributed by atoms with van der Waals surface area (Å²) in [6.45, 7) is 1.91. The summed E-state index contributed by atoms with van der Waals surface area (Å²) in [5.41, 5.74) is 0.626. The number of anilines is 1. The highest BCUT2D eigenvalue weighted by Gasteiger charge is 2.21. The number of aromatic nitrogens is 1. The average molecular weight is 220 g/mol. The summed E-state index contributed by atoms with van der Waals surface area (Å²) >= 11 is 0. The van der Waals surface area contributed by atoms with E-state index < -0.39 is 0 Å². The fourth-order valence-electron chi connectivity index (χ4n) is 2.17. The van der Waals surface area contributed by atoms with Gasteiger partial charge in [0.05, 0.1) is 5.56 Å². The molecular weight excluding hydrogens is 204 g/mol. The molecule has 0 spiro atoms. The van der Waals surface area contributed by atoms with E-state index in [0.29, 0.717) is 11.5 Å². The molecule has 1 N–H and O–H groups in total. The van der Waals surface area contributed by atoms with E-state index in [-0.39, 0.29) is 6.61 Å². The fraction of sp³-hybridized carbons (Fsp3) is 0.500. The summed E-state index contributed by atoms with van der Waals surface area (Å²) in [6, 6.07) is 3.54. The Morgan fingerprint density at radius 3 is 3.25 bits per heavy atom. The first-order valence-electron chi connectivity index (χ1n) is 5.61. The van der Waals surface area contributed by atoms with Gasteiger partial charge >= 0.3 is 0 Å². The van der Waals surface area contributed by atoms with Crippen molar-refractivity contribution in [1.29, 1.82) is 0 Å². The van der Waals surface area contributed by atoms with Crippen molar-refractivity contribution in [1.82, 2.24) is 4.98 Å². The Labute approximate surface area is 94.9 Å². The Balaban J connectivity index is 2.19. The Bertz CT molecular complexity index is 368. The molecule has 16 heavy (non-hydrogen) atoms. The first kappa shape index (κ1) is 11.1. The molecule has 1 aliphatic rings. The van der Waals surface area contributed by atoms with Gasteiger partial charge in [0.15, 0.2) is 6.29 Å². The highest BCUT2D eigenvalue weighted by atomic mass is 16.3. The van der Waals surface area contributed by atoms with Crippen LogP contribution in [0.4, 0.5) is 5.82 Å². The van der Waals surface area contributed by atoms with Crippen molar-refractivity contribution in [3.63, 3.8) is 0 Å². The number of nitrogens with zero attached hydrogens (tertiary/aromatic N) is 2. The molecule has 0 aromatic carbocycles. The van der Waals surface area contributed by atoms with Gasteiger partial charge in [-0.05, 0) is 30.9 Å². The van der Waals surface area contributed by atoms with Gasteiger partial charge in [-0.2, -0.15) is 0 Å². The van der Waals surface area contributed by atoms with Crippen LogP contribution >= 0.6 is 0 Å². The van der Waals surface area contributed by atoms with Crippen LogP contribution in [-0.4, -0.2) is 36.1 Å². The minimum Gasteiger partial charge on any atom is -0.396 e. The number of carbonyl (C=O) groups excluding carboxylic acids is 1. The average Bonchev–Trinajstić information content (AvgIpc) is 2.38. The lowest BCUT2D eigenvalue weighted by Crippen LogP contribution is -2.37. The van der Waals surface area contributed by atoms with E-state index in [9.17, 15) is 4.79 Å². The van der Waals surface area contributed by atoms with Gasteiger partial charge in [0, 0.05) is 25.9 Å². The van der Waals surface area contributed by atoms with Gasteiger partial charge in [-0.25, -0.2) is 4.98 Å². The Hall–Kier alpha value is -1.42. The predicted octanol–water partition coefficient (Wildman–Crippen LogP) is 1.10. The second-order valence-electron chi connectivity index (χ2n) is 4.17.